The molecular weight excluding hydrogens is 248 g/mol. The fourth-order valence-corrected chi connectivity index (χ4v) is 1.53. The van der Waals surface area contributed by atoms with Gasteiger partial charge in [-0.05, 0) is 36.8 Å². The van der Waals surface area contributed by atoms with Gasteiger partial charge in [-0.1, -0.05) is 12.1 Å². The molecule has 0 saturated heterocycles. The van der Waals surface area contributed by atoms with Crippen molar-refractivity contribution >= 4 is 29.0 Å². The third-order valence-corrected chi connectivity index (χ3v) is 2.56. The Bertz CT molecular complexity index is 472. The summed E-state index contributed by atoms with van der Waals surface area (Å²) in [6, 6.07) is 5.26. The molecule has 1 aromatic carbocycles. The number of anilines is 1. The summed E-state index contributed by atoms with van der Waals surface area (Å²) in [6.45, 7) is 6.11. The molecule has 1 rings (SSSR count). The molecule has 4 nitrogen and oxygen atoms in total. The predicted molar refractivity (Wildman–Crippen MR) is 76.9 cm³/mol. The van der Waals surface area contributed by atoms with Crippen LogP contribution < -0.4 is 10.6 Å². The molecule has 0 atom stereocenters. The van der Waals surface area contributed by atoms with Gasteiger partial charge in [0.25, 0.3) is 0 Å². The molecule has 0 amide bonds. The Labute approximate surface area is 112 Å². The van der Waals surface area contributed by atoms with E-state index in [9.17, 15) is 4.79 Å². The van der Waals surface area contributed by atoms with Gasteiger partial charge in [0, 0.05) is 12.2 Å². The van der Waals surface area contributed by atoms with Gasteiger partial charge in [-0.2, -0.15) is 0 Å². The van der Waals surface area contributed by atoms with Crippen LogP contribution in [0.1, 0.15) is 15.9 Å². The number of rotatable bonds is 4. The van der Waals surface area contributed by atoms with Crippen LogP contribution in [-0.4, -0.2) is 24.7 Å². The number of aryl methyl sites for hydroxylation is 1. The van der Waals surface area contributed by atoms with Crippen LogP contribution in [0.4, 0.5) is 5.69 Å². The third-order valence-electron chi connectivity index (χ3n) is 2.31. The highest BCUT2D eigenvalue weighted by molar-refractivity contribution is 7.80. The van der Waals surface area contributed by atoms with Crippen molar-refractivity contribution in [2.45, 2.75) is 6.92 Å². The summed E-state index contributed by atoms with van der Waals surface area (Å²) in [6.07, 6.45) is 1.71. The second-order valence-corrected chi connectivity index (χ2v) is 4.05. The lowest BCUT2D eigenvalue weighted by Gasteiger charge is -2.12. The summed E-state index contributed by atoms with van der Waals surface area (Å²) in [4.78, 5) is 11.4. The Hall–Kier alpha value is -1.88. The molecule has 0 bridgehead atoms. The maximum atomic E-state index is 11.4. The number of methoxy groups -OCH3 is 1. The summed E-state index contributed by atoms with van der Waals surface area (Å²) >= 11 is 5.11. The second kappa shape index (κ2) is 6.76. The van der Waals surface area contributed by atoms with Crippen LogP contribution in [0.5, 0.6) is 0 Å². The van der Waals surface area contributed by atoms with Crippen LogP contribution in [0.15, 0.2) is 30.9 Å². The highest BCUT2D eigenvalue weighted by Gasteiger charge is 2.08. The minimum Gasteiger partial charge on any atom is -0.465 e. The van der Waals surface area contributed by atoms with Gasteiger partial charge in [0.05, 0.1) is 12.7 Å². The normalized spacial score (nSPS) is 9.44. The number of hydrogen-bond donors (Lipinski definition) is 2. The van der Waals surface area contributed by atoms with Crippen molar-refractivity contribution in [2.75, 3.05) is 19.0 Å². The SMILES string of the molecule is C=CCNC(=S)Nc1cc(C(=O)OC)ccc1C. The highest BCUT2D eigenvalue weighted by Crippen LogP contribution is 2.17. The number of carbonyl (C=O) groups excluding carboxylic acids is 1. The van der Waals surface area contributed by atoms with Crippen molar-refractivity contribution in [1.82, 2.24) is 5.32 Å². The lowest BCUT2D eigenvalue weighted by atomic mass is 10.1. The maximum absolute atomic E-state index is 11.4. The zero-order valence-corrected chi connectivity index (χ0v) is 11.3. The molecule has 0 spiro atoms. The smallest absolute Gasteiger partial charge is 0.337 e. The monoisotopic (exact) mass is 264 g/mol. The minimum atomic E-state index is -0.372. The topological polar surface area (TPSA) is 50.4 Å². The number of benzene rings is 1. The highest BCUT2D eigenvalue weighted by atomic mass is 32.1. The predicted octanol–water partition coefficient (Wildman–Crippen LogP) is 2.25. The van der Waals surface area contributed by atoms with E-state index < -0.39 is 0 Å². The molecule has 0 aromatic heterocycles. The van der Waals surface area contributed by atoms with E-state index in [0.29, 0.717) is 17.2 Å². The van der Waals surface area contributed by atoms with E-state index in [1.807, 2.05) is 13.0 Å². The molecule has 0 saturated carbocycles. The fraction of sp³-hybridized carbons (Fsp3) is 0.231. The number of ether oxygens (including phenoxy) is 1. The zero-order chi connectivity index (χ0) is 13.5. The van der Waals surface area contributed by atoms with E-state index in [-0.39, 0.29) is 5.97 Å². The average molecular weight is 264 g/mol. The van der Waals surface area contributed by atoms with Crippen molar-refractivity contribution < 1.29 is 9.53 Å². The van der Waals surface area contributed by atoms with Crippen LogP contribution >= 0.6 is 12.2 Å². The molecule has 0 unspecified atom stereocenters. The van der Waals surface area contributed by atoms with E-state index in [4.69, 9.17) is 12.2 Å². The van der Waals surface area contributed by atoms with Crippen LogP contribution in [0.25, 0.3) is 0 Å². The fourth-order valence-electron chi connectivity index (χ4n) is 1.33. The summed E-state index contributed by atoms with van der Waals surface area (Å²) < 4.78 is 4.67. The Morgan fingerprint density at radius 3 is 2.89 bits per heavy atom. The van der Waals surface area contributed by atoms with E-state index in [2.05, 4.69) is 21.9 Å². The van der Waals surface area contributed by atoms with Gasteiger partial charge in [-0.15, -0.1) is 6.58 Å². The average Bonchev–Trinajstić information content (AvgIpc) is 2.38. The van der Waals surface area contributed by atoms with Gasteiger partial charge in [0.2, 0.25) is 0 Å². The number of thiocarbonyl (C=S) groups is 1. The second-order valence-electron chi connectivity index (χ2n) is 3.64. The largest absolute Gasteiger partial charge is 0.465 e. The van der Waals surface area contributed by atoms with Gasteiger partial charge in [0.15, 0.2) is 5.11 Å². The zero-order valence-electron chi connectivity index (χ0n) is 10.4. The number of esters is 1. The molecule has 0 aliphatic heterocycles. The minimum absolute atomic E-state index is 0.372. The van der Waals surface area contributed by atoms with E-state index >= 15 is 0 Å². The van der Waals surface area contributed by atoms with Crippen molar-refractivity contribution in [2.24, 2.45) is 0 Å². The molecule has 2 N–H and O–H groups in total. The first kappa shape index (κ1) is 14.2. The van der Waals surface area contributed by atoms with E-state index in [0.717, 1.165) is 11.3 Å². The first-order valence-electron chi connectivity index (χ1n) is 5.43. The molecule has 0 aliphatic rings. The molecule has 1 aromatic rings. The first-order valence-corrected chi connectivity index (χ1v) is 5.84. The van der Waals surface area contributed by atoms with Crippen LogP contribution in [0.2, 0.25) is 0 Å². The molecule has 5 heteroatoms. The van der Waals surface area contributed by atoms with Gasteiger partial charge in [-0.3, -0.25) is 0 Å². The molecule has 0 aliphatic carbocycles. The Kier molecular flexibility index (Phi) is 5.32. The maximum Gasteiger partial charge on any atom is 0.337 e. The summed E-state index contributed by atoms with van der Waals surface area (Å²) in [5.41, 5.74) is 2.25. The van der Waals surface area contributed by atoms with Gasteiger partial charge >= 0.3 is 5.97 Å². The van der Waals surface area contributed by atoms with E-state index in [1.165, 1.54) is 7.11 Å². The van der Waals surface area contributed by atoms with Gasteiger partial charge in [0.1, 0.15) is 0 Å². The summed E-state index contributed by atoms with van der Waals surface area (Å²) in [7, 11) is 1.35. The molecule has 0 fully saturated rings. The van der Waals surface area contributed by atoms with Crippen LogP contribution in [0, 0.1) is 6.92 Å². The molecule has 18 heavy (non-hydrogen) atoms. The Balaban J connectivity index is 2.84. The van der Waals surface area contributed by atoms with Crippen molar-refractivity contribution in [3.8, 4) is 0 Å². The Morgan fingerprint density at radius 1 is 1.56 bits per heavy atom. The standard InChI is InChI=1S/C13H16N2O2S/c1-4-7-14-13(18)15-11-8-10(12(16)17-3)6-5-9(11)2/h4-6,8H,1,7H2,2-3H3,(H2,14,15,18). The van der Waals surface area contributed by atoms with Gasteiger partial charge in [-0.25, -0.2) is 4.79 Å². The lowest BCUT2D eigenvalue weighted by Crippen LogP contribution is -2.28. The van der Waals surface area contributed by atoms with Crippen molar-refractivity contribution in [3.63, 3.8) is 0 Å². The van der Waals surface area contributed by atoms with E-state index in [1.54, 1.807) is 18.2 Å². The molecule has 0 heterocycles. The summed E-state index contributed by atoms with van der Waals surface area (Å²) in [5, 5.41) is 6.47. The molecule has 0 radical (unpaired) electrons. The van der Waals surface area contributed by atoms with Crippen LogP contribution in [-0.2, 0) is 4.74 Å². The molecule has 96 valence electrons. The number of carbonyl (C=O) groups is 1. The van der Waals surface area contributed by atoms with Crippen molar-refractivity contribution in [3.05, 3.63) is 42.0 Å². The quantitative estimate of drug-likeness (QED) is 0.496. The Morgan fingerprint density at radius 2 is 2.28 bits per heavy atom. The third kappa shape index (κ3) is 3.85. The number of nitrogens with one attached hydrogen (secondary N) is 2. The van der Waals surface area contributed by atoms with Gasteiger partial charge < -0.3 is 15.4 Å². The molecular formula is C13H16N2O2S. The van der Waals surface area contributed by atoms with Crippen LogP contribution in [0.3, 0.4) is 0 Å². The number of hydrogen-bond acceptors (Lipinski definition) is 3. The lowest BCUT2D eigenvalue weighted by molar-refractivity contribution is 0.0601. The first-order chi connectivity index (χ1) is 8.58. The van der Waals surface area contributed by atoms with Crippen molar-refractivity contribution in [1.29, 1.82) is 0 Å². The summed E-state index contributed by atoms with van der Waals surface area (Å²) in [5.74, 6) is -0.372.